The molecule has 4 aromatic carbocycles. The fraction of sp³-hybridized carbons (Fsp3) is 0.0455. The summed E-state index contributed by atoms with van der Waals surface area (Å²) in [6.45, 7) is 0. The highest BCUT2D eigenvalue weighted by Gasteiger charge is 2.16. The van der Waals surface area contributed by atoms with Crippen LogP contribution < -0.4 is 9.47 Å². The van der Waals surface area contributed by atoms with Crippen molar-refractivity contribution in [2.75, 3.05) is 7.11 Å². The van der Waals surface area contributed by atoms with E-state index in [1.54, 1.807) is 19.2 Å². The Morgan fingerprint density at radius 3 is 2.00 bits per heavy atom. The predicted octanol–water partition coefficient (Wildman–Crippen LogP) is 5.22. The second-order valence-corrected chi connectivity index (χ2v) is 5.80. The third kappa shape index (κ3) is 2.92. The molecule has 0 aliphatic carbocycles. The fourth-order valence-corrected chi connectivity index (χ4v) is 2.94. The lowest BCUT2D eigenvalue weighted by Crippen LogP contribution is -2.10. The van der Waals surface area contributed by atoms with E-state index in [1.165, 1.54) is 0 Å². The van der Waals surface area contributed by atoms with Crippen LogP contribution in [0.3, 0.4) is 0 Å². The van der Waals surface area contributed by atoms with E-state index < -0.39 is 5.97 Å². The summed E-state index contributed by atoms with van der Waals surface area (Å²) in [5.74, 6) is 0.585. The van der Waals surface area contributed by atoms with Gasteiger partial charge in [0.15, 0.2) is 0 Å². The minimum atomic E-state index is -0.433. The molecule has 25 heavy (non-hydrogen) atoms. The Morgan fingerprint density at radius 1 is 0.720 bits per heavy atom. The Balaban J connectivity index is 1.70. The van der Waals surface area contributed by atoms with Crippen molar-refractivity contribution >= 4 is 27.5 Å². The highest BCUT2D eigenvalue weighted by Crippen LogP contribution is 2.28. The standard InChI is InChI=1S/C22H16O3/c1-24-21-14-18-9-5-4-8-17(18)13-20(21)22(23)25-19-11-10-15-6-2-3-7-16(15)12-19/h2-14H,1H3. The summed E-state index contributed by atoms with van der Waals surface area (Å²) in [6, 6.07) is 25.0. The Labute approximate surface area is 145 Å². The quantitative estimate of drug-likeness (QED) is 0.382. The SMILES string of the molecule is COc1cc2ccccc2cc1C(=O)Oc1ccc2ccccc2c1. The molecule has 4 rings (SSSR count). The number of methoxy groups -OCH3 is 1. The zero-order valence-electron chi connectivity index (χ0n) is 13.7. The monoisotopic (exact) mass is 328 g/mol. The van der Waals surface area contributed by atoms with Crippen LogP contribution in [0.1, 0.15) is 10.4 Å². The minimum absolute atomic E-state index is 0.411. The average Bonchev–Trinajstić information content (AvgIpc) is 2.66. The van der Waals surface area contributed by atoms with Crippen molar-refractivity contribution in [2.24, 2.45) is 0 Å². The molecule has 0 fully saturated rings. The van der Waals surface area contributed by atoms with Crippen LogP contribution in [0, 0.1) is 0 Å². The van der Waals surface area contributed by atoms with Crippen molar-refractivity contribution in [1.29, 1.82) is 0 Å². The van der Waals surface area contributed by atoms with Gasteiger partial charge in [-0.1, -0.05) is 54.6 Å². The third-order valence-electron chi connectivity index (χ3n) is 4.22. The van der Waals surface area contributed by atoms with E-state index in [4.69, 9.17) is 9.47 Å². The Morgan fingerprint density at radius 2 is 1.32 bits per heavy atom. The number of ether oxygens (including phenoxy) is 2. The fourth-order valence-electron chi connectivity index (χ4n) is 2.94. The highest BCUT2D eigenvalue weighted by atomic mass is 16.5. The third-order valence-corrected chi connectivity index (χ3v) is 4.22. The normalized spacial score (nSPS) is 10.8. The van der Waals surface area contributed by atoms with Crippen LogP contribution in [0.25, 0.3) is 21.5 Å². The molecule has 0 N–H and O–H groups in total. The van der Waals surface area contributed by atoms with E-state index in [0.29, 0.717) is 17.1 Å². The smallest absolute Gasteiger partial charge is 0.347 e. The van der Waals surface area contributed by atoms with Gasteiger partial charge < -0.3 is 9.47 Å². The number of rotatable bonds is 3. The summed E-state index contributed by atoms with van der Waals surface area (Å²) in [7, 11) is 1.55. The van der Waals surface area contributed by atoms with Gasteiger partial charge in [0.1, 0.15) is 17.1 Å². The molecule has 0 saturated heterocycles. The summed E-state index contributed by atoms with van der Waals surface area (Å²) >= 11 is 0. The van der Waals surface area contributed by atoms with Gasteiger partial charge in [-0.3, -0.25) is 0 Å². The lowest BCUT2D eigenvalue weighted by molar-refractivity contribution is 0.0731. The molecular weight excluding hydrogens is 312 g/mol. The van der Waals surface area contributed by atoms with Crippen molar-refractivity contribution in [3.05, 3.63) is 84.4 Å². The van der Waals surface area contributed by atoms with Gasteiger partial charge in [0, 0.05) is 0 Å². The van der Waals surface area contributed by atoms with Crippen LogP contribution >= 0.6 is 0 Å². The number of fused-ring (bicyclic) bond motifs is 2. The zero-order chi connectivity index (χ0) is 17.2. The Bertz CT molecular complexity index is 1080. The summed E-state index contributed by atoms with van der Waals surface area (Å²) < 4.78 is 11.0. The summed E-state index contributed by atoms with van der Waals surface area (Å²) in [5.41, 5.74) is 0.411. The number of hydrogen-bond donors (Lipinski definition) is 0. The van der Waals surface area contributed by atoms with Gasteiger partial charge in [-0.15, -0.1) is 0 Å². The number of carbonyl (C=O) groups is 1. The molecule has 0 aliphatic rings. The first-order chi connectivity index (χ1) is 12.2. The topological polar surface area (TPSA) is 35.5 Å². The van der Waals surface area contributed by atoms with Gasteiger partial charge >= 0.3 is 5.97 Å². The van der Waals surface area contributed by atoms with Crippen molar-refractivity contribution in [1.82, 2.24) is 0 Å². The molecule has 0 aromatic heterocycles. The number of benzene rings is 4. The van der Waals surface area contributed by atoms with Gasteiger partial charge in [0.05, 0.1) is 7.11 Å². The van der Waals surface area contributed by atoms with Crippen LogP contribution in [0.4, 0.5) is 0 Å². The van der Waals surface area contributed by atoms with Crippen molar-refractivity contribution in [3.8, 4) is 11.5 Å². The lowest BCUT2D eigenvalue weighted by atomic mass is 10.1. The Kier molecular flexibility index (Phi) is 3.82. The maximum absolute atomic E-state index is 12.7. The zero-order valence-corrected chi connectivity index (χ0v) is 13.7. The van der Waals surface area contributed by atoms with E-state index in [9.17, 15) is 4.79 Å². The number of carbonyl (C=O) groups excluding carboxylic acids is 1. The molecule has 0 atom stereocenters. The molecule has 0 bridgehead atoms. The van der Waals surface area contributed by atoms with Crippen LogP contribution in [0.2, 0.25) is 0 Å². The molecule has 122 valence electrons. The molecule has 0 saturated carbocycles. The summed E-state index contributed by atoms with van der Waals surface area (Å²) in [4.78, 5) is 12.7. The first-order valence-corrected chi connectivity index (χ1v) is 8.02. The predicted molar refractivity (Wildman–Crippen MR) is 99.4 cm³/mol. The second kappa shape index (κ2) is 6.29. The van der Waals surface area contributed by atoms with Crippen LogP contribution in [0.15, 0.2) is 78.9 Å². The number of hydrogen-bond acceptors (Lipinski definition) is 3. The molecule has 0 aliphatic heterocycles. The van der Waals surface area contributed by atoms with Crippen molar-refractivity contribution in [3.63, 3.8) is 0 Å². The second-order valence-electron chi connectivity index (χ2n) is 5.80. The van der Waals surface area contributed by atoms with E-state index in [0.717, 1.165) is 21.5 Å². The van der Waals surface area contributed by atoms with E-state index >= 15 is 0 Å². The van der Waals surface area contributed by atoms with Gasteiger partial charge in [-0.05, 0) is 45.8 Å². The molecule has 4 aromatic rings. The molecule has 0 spiro atoms. The highest BCUT2D eigenvalue weighted by molar-refractivity contribution is 6.00. The molecule has 0 amide bonds. The summed E-state index contributed by atoms with van der Waals surface area (Å²) in [6.07, 6.45) is 0. The molecule has 3 heteroatoms. The van der Waals surface area contributed by atoms with E-state index in [2.05, 4.69) is 0 Å². The van der Waals surface area contributed by atoms with Gasteiger partial charge in [0.25, 0.3) is 0 Å². The lowest BCUT2D eigenvalue weighted by Gasteiger charge is -2.11. The Hall–Kier alpha value is -3.33. The minimum Gasteiger partial charge on any atom is -0.496 e. The van der Waals surface area contributed by atoms with E-state index in [-0.39, 0.29) is 0 Å². The van der Waals surface area contributed by atoms with Crippen LogP contribution in [-0.2, 0) is 0 Å². The maximum atomic E-state index is 12.7. The number of esters is 1. The van der Waals surface area contributed by atoms with Crippen LogP contribution in [0.5, 0.6) is 11.5 Å². The molecule has 0 heterocycles. The molecule has 3 nitrogen and oxygen atoms in total. The maximum Gasteiger partial charge on any atom is 0.347 e. The summed E-state index contributed by atoms with van der Waals surface area (Å²) in [5, 5.41) is 4.11. The molecular formula is C22H16O3. The van der Waals surface area contributed by atoms with Gasteiger partial charge in [-0.25, -0.2) is 4.79 Å². The first kappa shape index (κ1) is 15.2. The van der Waals surface area contributed by atoms with Gasteiger partial charge in [0.2, 0.25) is 0 Å². The average molecular weight is 328 g/mol. The largest absolute Gasteiger partial charge is 0.496 e. The molecule has 0 unspecified atom stereocenters. The van der Waals surface area contributed by atoms with Crippen molar-refractivity contribution < 1.29 is 14.3 Å². The van der Waals surface area contributed by atoms with Gasteiger partial charge in [-0.2, -0.15) is 0 Å². The van der Waals surface area contributed by atoms with Crippen molar-refractivity contribution in [2.45, 2.75) is 0 Å². The van der Waals surface area contributed by atoms with Crippen LogP contribution in [-0.4, -0.2) is 13.1 Å². The molecule has 0 radical (unpaired) electrons. The van der Waals surface area contributed by atoms with E-state index in [1.807, 2.05) is 66.7 Å². The first-order valence-electron chi connectivity index (χ1n) is 8.02.